The highest BCUT2D eigenvalue weighted by molar-refractivity contribution is 5.70. The Kier molecular flexibility index (Phi) is 4.52. The highest BCUT2D eigenvalue weighted by Gasteiger charge is 2.29. The van der Waals surface area contributed by atoms with Crippen molar-refractivity contribution in [1.82, 2.24) is 0 Å². The molecule has 1 N–H and O–H groups in total. The average Bonchev–Trinajstić information content (AvgIpc) is 2.19. The fraction of sp³-hybridized carbons (Fsp3) is 0.750. The Morgan fingerprint density at radius 3 is 2.79 bits per heavy atom. The summed E-state index contributed by atoms with van der Waals surface area (Å²) in [6, 6.07) is 0. The van der Waals surface area contributed by atoms with Crippen molar-refractivity contribution in [2.24, 2.45) is 11.8 Å². The van der Waals surface area contributed by atoms with Gasteiger partial charge in [0.05, 0.1) is 5.92 Å². The zero-order valence-corrected chi connectivity index (χ0v) is 8.75. The lowest BCUT2D eigenvalue weighted by molar-refractivity contribution is -0.145. The molecule has 2 heteroatoms. The van der Waals surface area contributed by atoms with Gasteiger partial charge in [-0.2, -0.15) is 0 Å². The van der Waals surface area contributed by atoms with Gasteiger partial charge in [0.15, 0.2) is 0 Å². The molecule has 0 spiro atoms. The summed E-state index contributed by atoms with van der Waals surface area (Å²) in [5, 5.41) is 9.03. The van der Waals surface area contributed by atoms with Crippen molar-refractivity contribution in [3.63, 3.8) is 0 Å². The number of carboxylic acid groups (broad SMARTS) is 1. The average molecular weight is 194 g/mol. The molecule has 0 aromatic carbocycles. The van der Waals surface area contributed by atoms with Crippen LogP contribution in [-0.4, -0.2) is 11.1 Å². The molecule has 0 aromatic heterocycles. The van der Waals surface area contributed by atoms with Crippen molar-refractivity contribution >= 4 is 5.97 Å². The maximum atomic E-state index is 11.0. The summed E-state index contributed by atoms with van der Waals surface area (Å²) >= 11 is 0. The first-order chi connectivity index (χ1) is 6.75. The first-order valence-corrected chi connectivity index (χ1v) is 5.38. The molecule has 2 atom stereocenters. The molecule has 2 unspecified atom stereocenters. The summed E-state index contributed by atoms with van der Waals surface area (Å²) in [7, 11) is 0. The van der Waals surface area contributed by atoms with Gasteiger partial charge in [0.1, 0.15) is 0 Å². The molecule has 2 nitrogen and oxygen atoms in total. The third kappa shape index (κ3) is 3.06. The third-order valence-corrected chi connectivity index (χ3v) is 3.04. The Labute approximate surface area is 85.7 Å². The molecule has 0 saturated heterocycles. The monoisotopic (exact) mass is 194 g/mol. The van der Waals surface area contributed by atoms with Gasteiger partial charge < -0.3 is 5.11 Å². The zero-order valence-electron chi connectivity index (χ0n) is 8.75. The Morgan fingerprint density at radius 1 is 1.43 bits per heavy atom. The van der Waals surface area contributed by atoms with Crippen molar-refractivity contribution in [3.8, 4) is 11.8 Å². The third-order valence-electron chi connectivity index (χ3n) is 3.04. The Hall–Kier alpha value is -0.970. The first kappa shape index (κ1) is 11.1. The fourth-order valence-electron chi connectivity index (χ4n) is 2.26. The van der Waals surface area contributed by atoms with Crippen LogP contribution in [-0.2, 0) is 4.79 Å². The topological polar surface area (TPSA) is 37.3 Å². The number of aliphatic carboxylic acids is 1. The molecule has 0 bridgehead atoms. The van der Waals surface area contributed by atoms with Crippen molar-refractivity contribution in [2.75, 3.05) is 0 Å². The molecule has 1 saturated carbocycles. The summed E-state index contributed by atoms with van der Waals surface area (Å²) < 4.78 is 0. The van der Waals surface area contributed by atoms with E-state index in [-0.39, 0.29) is 5.92 Å². The maximum absolute atomic E-state index is 11.0. The van der Waals surface area contributed by atoms with Crippen LogP contribution < -0.4 is 0 Å². The number of carbonyl (C=O) groups is 1. The number of hydrogen-bond donors (Lipinski definition) is 1. The van der Waals surface area contributed by atoms with E-state index in [0.29, 0.717) is 5.92 Å². The van der Waals surface area contributed by atoms with Gasteiger partial charge in [0, 0.05) is 6.42 Å². The largest absolute Gasteiger partial charge is 0.481 e. The predicted molar refractivity (Wildman–Crippen MR) is 55.8 cm³/mol. The van der Waals surface area contributed by atoms with Crippen molar-refractivity contribution in [2.45, 2.75) is 45.4 Å². The lowest BCUT2D eigenvalue weighted by Gasteiger charge is -2.27. The van der Waals surface area contributed by atoms with Crippen LogP contribution in [0.25, 0.3) is 0 Å². The van der Waals surface area contributed by atoms with E-state index < -0.39 is 5.97 Å². The van der Waals surface area contributed by atoms with Crippen LogP contribution in [0.3, 0.4) is 0 Å². The summed E-state index contributed by atoms with van der Waals surface area (Å²) in [6.07, 6.45) is 6.01. The van der Waals surface area contributed by atoms with Gasteiger partial charge >= 0.3 is 5.97 Å². The van der Waals surface area contributed by atoms with E-state index >= 15 is 0 Å². The second-order valence-corrected chi connectivity index (χ2v) is 3.95. The van der Waals surface area contributed by atoms with E-state index in [1.165, 1.54) is 6.42 Å². The highest BCUT2D eigenvalue weighted by Crippen LogP contribution is 2.33. The van der Waals surface area contributed by atoms with Crippen molar-refractivity contribution in [3.05, 3.63) is 0 Å². The lowest BCUT2D eigenvalue weighted by Crippen LogP contribution is -2.26. The summed E-state index contributed by atoms with van der Waals surface area (Å²) in [5.41, 5.74) is 0. The van der Waals surface area contributed by atoms with E-state index in [4.69, 9.17) is 5.11 Å². The standard InChI is InChI=1S/C12H18O2/c1-2-3-4-7-10-8-5-6-9-11(10)12(13)14/h10-11H,4-9H2,1H3,(H,13,14). The molecule has 1 aliphatic rings. The Bertz CT molecular complexity index is 247. The minimum Gasteiger partial charge on any atom is -0.481 e. The van der Waals surface area contributed by atoms with Gasteiger partial charge in [-0.05, 0) is 32.1 Å². The normalized spacial score (nSPS) is 26.4. The van der Waals surface area contributed by atoms with Crippen LogP contribution in [0.1, 0.15) is 45.4 Å². The van der Waals surface area contributed by atoms with Crippen LogP contribution in [0.5, 0.6) is 0 Å². The molecule has 0 aromatic rings. The molecule has 1 rings (SSSR count). The van der Waals surface area contributed by atoms with E-state index in [0.717, 1.165) is 32.1 Å². The summed E-state index contributed by atoms with van der Waals surface area (Å²) in [6.45, 7) is 1.83. The van der Waals surface area contributed by atoms with E-state index in [9.17, 15) is 4.79 Å². The molecule has 78 valence electrons. The Morgan fingerprint density at radius 2 is 2.14 bits per heavy atom. The van der Waals surface area contributed by atoms with Gasteiger partial charge in [0.25, 0.3) is 0 Å². The van der Waals surface area contributed by atoms with Gasteiger partial charge in [-0.25, -0.2) is 0 Å². The van der Waals surface area contributed by atoms with Crippen LogP contribution in [0.2, 0.25) is 0 Å². The summed E-state index contributed by atoms with van der Waals surface area (Å²) in [4.78, 5) is 11.0. The number of rotatable bonds is 3. The number of carboxylic acids is 1. The maximum Gasteiger partial charge on any atom is 0.306 e. The molecule has 0 aliphatic heterocycles. The first-order valence-electron chi connectivity index (χ1n) is 5.38. The minimum atomic E-state index is -0.612. The second kappa shape index (κ2) is 5.70. The van der Waals surface area contributed by atoms with Crippen LogP contribution in [0.15, 0.2) is 0 Å². The van der Waals surface area contributed by atoms with E-state index in [1.54, 1.807) is 0 Å². The second-order valence-electron chi connectivity index (χ2n) is 3.95. The van der Waals surface area contributed by atoms with E-state index in [1.807, 2.05) is 6.92 Å². The molecular formula is C12H18O2. The molecule has 1 fully saturated rings. The summed E-state index contributed by atoms with van der Waals surface area (Å²) in [5.74, 6) is 5.51. The molecule has 0 radical (unpaired) electrons. The lowest BCUT2D eigenvalue weighted by atomic mass is 9.77. The molecule has 1 aliphatic carbocycles. The quantitative estimate of drug-likeness (QED) is 0.701. The smallest absolute Gasteiger partial charge is 0.306 e. The molecular weight excluding hydrogens is 176 g/mol. The van der Waals surface area contributed by atoms with E-state index in [2.05, 4.69) is 11.8 Å². The van der Waals surface area contributed by atoms with Gasteiger partial charge in [0.2, 0.25) is 0 Å². The zero-order chi connectivity index (χ0) is 10.4. The van der Waals surface area contributed by atoms with Crippen LogP contribution in [0.4, 0.5) is 0 Å². The fourth-order valence-corrected chi connectivity index (χ4v) is 2.26. The number of hydrogen-bond acceptors (Lipinski definition) is 1. The Balaban J connectivity index is 2.44. The van der Waals surface area contributed by atoms with Gasteiger partial charge in [-0.3, -0.25) is 4.79 Å². The van der Waals surface area contributed by atoms with Gasteiger partial charge in [-0.15, -0.1) is 11.8 Å². The molecule has 0 heterocycles. The SMILES string of the molecule is CC#CCCC1CCCCC1C(=O)O. The van der Waals surface area contributed by atoms with Gasteiger partial charge in [-0.1, -0.05) is 12.8 Å². The predicted octanol–water partition coefficient (Wildman–Crippen LogP) is 2.68. The molecule has 14 heavy (non-hydrogen) atoms. The van der Waals surface area contributed by atoms with Crippen LogP contribution >= 0.6 is 0 Å². The molecule has 0 amide bonds. The van der Waals surface area contributed by atoms with Crippen molar-refractivity contribution in [1.29, 1.82) is 0 Å². The highest BCUT2D eigenvalue weighted by atomic mass is 16.4. The van der Waals surface area contributed by atoms with Crippen LogP contribution in [0, 0.1) is 23.7 Å². The minimum absolute atomic E-state index is 0.109. The van der Waals surface area contributed by atoms with Crippen molar-refractivity contribution < 1.29 is 9.90 Å².